The standard InChI is InChI=1S/C43H29N5OS/c1-3-4-14-27(2)37(44)40-38(33-19-11-12-22-36(33)50-40)45-26-28-23-24-31-32-20-13-21-34(39(32)49-35(31)25-28)43-47-41(29-15-7-5-8-16-29)46-42(48-43)30-17-9-6-10-18-30/h3-26,44H,1-2H2/b14-4-,44-37?,45-26?. The van der Waals surface area contributed by atoms with Gasteiger partial charge in [-0.3, -0.25) is 10.4 Å². The van der Waals surface area contributed by atoms with Crippen LogP contribution in [0.1, 0.15) is 10.4 Å². The summed E-state index contributed by atoms with van der Waals surface area (Å²) in [5.41, 5.74) is 6.56. The fraction of sp³-hybridized carbons (Fsp3) is 0. The van der Waals surface area contributed by atoms with Crippen LogP contribution in [0.15, 0.2) is 168 Å². The van der Waals surface area contributed by atoms with E-state index in [9.17, 15) is 0 Å². The number of fused-ring (bicyclic) bond motifs is 4. The molecule has 0 aliphatic rings. The Bertz CT molecular complexity index is 2590. The Morgan fingerprint density at radius 1 is 0.720 bits per heavy atom. The normalized spacial score (nSPS) is 11.7. The van der Waals surface area contributed by atoms with E-state index in [4.69, 9.17) is 29.8 Å². The van der Waals surface area contributed by atoms with E-state index in [1.165, 1.54) is 11.3 Å². The maximum atomic E-state index is 8.88. The third-order valence-corrected chi connectivity index (χ3v) is 9.53. The number of furan rings is 1. The predicted octanol–water partition coefficient (Wildman–Crippen LogP) is 11.4. The highest BCUT2D eigenvalue weighted by Gasteiger charge is 2.19. The number of thiophene rings is 1. The lowest BCUT2D eigenvalue weighted by atomic mass is 10.1. The maximum Gasteiger partial charge on any atom is 0.167 e. The van der Waals surface area contributed by atoms with Crippen LogP contribution >= 0.6 is 11.3 Å². The van der Waals surface area contributed by atoms with Crippen molar-refractivity contribution in [3.05, 3.63) is 169 Å². The minimum atomic E-state index is 0.334. The van der Waals surface area contributed by atoms with E-state index in [1.807, 2.05) is 115 Å². The zero-order valence-corrected chi connectivity index (χ0v) is 27.7. The van der Waals surface area contributed by atoms with E-state index in [0.717, 1.165) is 59.3 Å². The molecule has 3 aromatic heterocycles. The van der Waals surface area contributed by atoms with Crippen LogP contribution < -0.4 is 0 Å². The molecule has 3 heterocycles. The molecule has 0 aliphatic carbocycles. The Balaban J connectivity index is 1.21. The Hall–Kier alpha value is -6.57. The summed E-state index contributed by atoms with van der Waals surface area (Å²) < 4.78 is 7.65. The summed E-state index contributed by atoms with van der Waals surface area (Å²) >= 11 is 1.54. The smallest absolute Gasteiger partial charge is 0.167 e. The Morgan fingerprint density at radius 2 is 1.38 bits per heavy atom. The zero-order chi connectivity index (χ0) is 34.0. The van der Waals surface area contributed by atoms with Gasteiger partial charge >= 0.3 is 0 Å². The molecule has 0 amide bonds. The monoisotopic (exact) mass is 663 g/mol. The third-order valence-electron chi connectivity index (χ3n) is 8.36. The van der Waals surface area contributed by atoms with Crippen molar-refractivity contribution in [2.75, 3.05) is 0 Å². The Kier molecular flexibility index (Phi) is 8.08. The van der Waals surface area contributed by atoms with Gasteiger partial charge in [-0.05, 0) is 35.4 Å². The molecule has 0 spiro atoms. The van der Waals surface area contributed by atoms with Gasteiger partial charge in [0.2, 0.25) is 0 Å². The summed E-state index contributed by atoms with van der Waals surface area (Å²) in [6, 6.07) is 40.1. The SMILES string of the molecule is C=C/C=C\C(=C)C(=N)c1sc2ccccc2c1N=Cc1ccc2c(c1)oc1c(-c3nc(-c4ccccc4)nc(-c4ccccc4)n3)cccc12. The van der Waals surface area contributed by atoms with Crippen LogP contribution in [0.4, 0.5) is 5.69 Å². The minimum Gasteiger partial charge on any atom is -0.455 e. The first-order valence-electron chi connectivity index (χ1n) is 16.0. The van der Waals surface area contributed by atoms with Gasteiger partial charge < -0.3 is 4.42 Å². The number of hydrogen-bond donors (Lipinski definition) is 1. The van der Waals surface area contributed by atoms with Crippen molar-refractivity contribution in [1.29, 1.82) is 5.41 Å². The van der Waals surface area contributed by atoms with Crippen molar-refractivity contribution in [2.45, 2.75) is 0 Å². The van der Waals surface area contributed by atoms with Gasteiger partial charge in [0.05, 0.1) is 21.8 Å². The second kappa shape index (κ2) is 13.1. The molecule has 238 valence electrons. The number of rotatable bonds is 9. The van der Waals surface area contributed by atoms with Crippen LogP contribution in [-0.2, 0) is 0 Å². The highest BCUT2D eigenvalue weighted by Crippen LogP contribution is 2.40. The summed E-state index contributed by atoms with van der Waals surface area (Å²) in [6.07, 6.45) is 7.07. The number of aliphatic imine (C=N–C) groups is 1. The topological polar surface area (TPSA) is 88.0 Å². The number of allylic oxidation sites excluding steroid dienone is 4. The maximum absolute atomic E-state index is 8.88. The van der Waals surface area contributed by atoms with Gasteiger partial charge in [0.1, 0.15) is 11.2 Å². The van der Waals surface area contributed by atoms with Crippen LogP contribution in [0, 0.1) is 5.41 Å². The summed E-state index contributed by atoms with van der Waals surface area (Å²) in [6.45, 7) is 7.82. The Labute approximate surface area is 292 Å². The van der Waals surface area contributed by atoms with E-state index < -0.39 is 0 Å². The van der Waals surface area contributed by atoms with Crippen molar-refractivity contribution in [3.8, 4) is 34.2 Å². The van der Waals surface area contributed by atoms with Crippen molar-refractivity contribution in [1.82, 2.24) is 15.0 Å². The van der Waals surface area contributed by atoms with Gasteiger partial charge in [-0.2, -0.15) is 0 Å². The second-order valence-corrected chi connectivity index (χ2v) is 12.7. The summed E-state index contributed by atoms with van der Waals surface area (Å²) in [7, 11) is 0. The summed E-state index contributed by atoms with van der Waals surface area (Å²) in [5, 5.41) is 11.8. The van der Waals surface area contributed by atoms with Gasteiger partial charge in [0, 0.05) is 38.2 Å². The van der Waals surface area contributed by atoms with Crippen LogP contribution in [0.25, 0.3) is 66.2 Å². The lowest BCUT2D eigenvalue weighted by Gasteiger charge is -2.08. The van der Waals surface area contributed by atoms with E-state index >= 15 is 0 Å². The highest BCUT2D eigenvalue weighted by atomic mass is 32.1. The molecule has 7 heteroatoms. The van der Waals surface area contributed by atoms with Gasteiger partial charge in [0.15, 0.2) is 17.5 Å². The fourth-order valence-corrected chi connectivity index (χ4v) is 7.02. The molecule has 0 atom stereocenters. The molecule has 0 saturated carbocycles. The lowest BCUT2D eigenvalue weighted by molar-refractivity contribution is 0.669. The number of aromatic nitrogens is 3. The van der Waals surface area contributed by atoms with Crippen molar-refractivity contribution >= 4 is 61.0 Å². The molecule has 5 aromatic carbocycles. The Morgan fingerprint density at radius 3 is 2.10 bits per heavy atom. The quantitative estimate of drug-likeness (QED) is 0.123. The van der Waals surface area contributed by atoms with Crippen LogP contribution in [-0.4, -0.2) is 26.9 Å². The van der Waals surface area contributed by atoms with Crippen LogP contribution in [0.2, 0.25) is 0 Å². The largest absolute Gasteiger partial charge is 0.455 e. The van der Waals surface area contributed by atoms with E-state index in [2.05, 4.69) is 25.3 Å². The van der Waals surface area contributed by atoms with Crippen molar-refractivity contribution in [3.63, 3.8) is 0 Å². The molecule has 0 aliphatic heterocycles. The second-order valence-electron chi connectivity index (χ2n) is 11.6. The third kappa shape index (κ3) is 5.76. The number of nitrogens with zero attached hydrogens (tertiary/aromatic N) is 4. The molecule has 8 aromatic rings. The molecule has 0 radical (unpaired) electrons. The average Bonchev–Trinajstić information content (AvgIpc) is 3.74. The summed E-state index contributed by atoms with van der Waals surface area (Å²) in [5.74, 6) is 1.72. The average molecular weight is 664 g/mol. The van der Waals surface area contributed by atoms with E-state index in [0.29, 0.717) is 34.3 Å². The molecule has 50 heavy (non-hydrogen) atoms. The van der Waals surface area contributed by atoms with Gasteiger partial charge in [-0.1, -0.05) is 128 Å². The first-order valence-corrected chi connectivity index (χ1v) is 16.8. The molecule has 8 rings (SSSR count). The van der Waals surface area contributed by atoms with Crippen molar-refractivity contribution < 1.29 is 4.42 Å². The zero-order valence-electron chi connectivity index (χ0n) is 26.9. The van der Waals surface area contributed by atoms with Gasteiger partial charge in [-0.25, -0.2) is 15.0 Å². The fourth-order valence-electron chi connectivity index (χ4n) is 5.88. The molecular formula is C43H29N5OS. The van der Waals surface area contributed by atoms with E-state index in [-0.39, 0.29) is 0 Å². The summed E-state index contributed by atoms with van der Waals surface area (Å²) in [4.78, 5) is 20.4. The van der Waals surface area contributed by atoms with E-state index in [1.54, 1.807) is 18.2 Å². The molecule has 0 bridgehead atoms. The van der Waals surface area contributed by atoms with Gasteiger partial charge in [-0.15, -0.1) is 11.3 Å². The first kappa shape index (κ1) is 30.7. The van der Waals surface area contributed by atoms with Crippen molar-refractivity contribution in [2.24, 2.45) is 4.99 Å². The number of para-hydroxylation sites is 1. The molecular weight excluding hydrogens is 635 g/mol. The number of nitrogens with one attached hydrogen (secondary N) is 1. The molecule has 0 saturated heterocycles. The van der Waals surface area contributed by atoms with Gasteiger partial charge in [0.25, 0.3) is 0 Å². The highest BCUT2D eigenvalue weighted by molar-refractivity contribution is 7.21. The first-order chi connectivity index (χ1) is 24.6. The van der Waals surface area contributed by atoms with Crippen LogP contribution in [0.5, 0.6) is 0 Å². The minimum absolute atomic E-state index is 0.334. The number of benzene rings is 5. The molecule has 0 unspecified atom stereocenters. The number of hydrogen-bond acceptors (Lipinski definition) is 7. The molecule has 1 N–H and O–H groups in total. The van der Waals surface area contributed by atoms with Crippen LogP contribution in [0.3, 0.4) is 0 Å². The predicted molar refractivity (Wildman–Crippen MR) is 208 cm³/mol. The molecule has 0 fully saturated rings. The lowest BCUT2D eigenvalue weighted by Crippen LogP contribution is -2.00. The molecule has 6 nitrogen and oxygen atoms in total.